The van der Waals surface area contributed by atoms with Gasteiger partial charge in [-0.25, -0.2) is 5.01 Å². The van der Waals surface area contributed by atoms with Crippen LogP contribution in [0.5, 0.6) is 5.88 Å². The molecule has 1 aromatic rings. The Kier molecular flexibility index (Phi) is 4.23. The van der Waals surface area contributed by atoms with Gasteiger partial charge in [0.2, 0.25) is 11.0 Å². The van der Waals surface area contributed by atoms with Crippen molar-refractivity contribution in [1.29, 1.82) is 0 Å². The molecule has 4 nitrogen and oxygen atoms in total. The van der Waals surface area contributed by atoms with E-state index in [-0.39, 0.29) is 5.88 Å². The summed E-state index contributed by atoms with van der Waals surface area (Å²) in [5, 5.41) is 12.8. The van der Waals surface area contributed by atoms with Crippen molar-refractivity contribution in [3.8, 4) is 5.88 Å². The number of hydrazine groups is 1. The molecule has 2 N–H and O–H groups in total. The van der Waals surface area contributed by atoms with E-state index in [9.17, 15) is 5.11 Å². The molecule has 0 atom stereocenters. The van der Waals surface area contributed by atoms with Gasteiger partial charge in [0.05, 0.1) is 4.88 Å². The number of aromatic hydroxyl groups is 1. The lowest BCUT2D eigenvalue weighted by atomic mass is 10.2. The summed E-state index contributed by atoms with van der Waals surface area (Å²) in [7, 11) is 0. The van der Waals surface area contributed by atoms with Gasteiger partial charge in [-0.05, 0) is 18.8 Å². The van der Waals surface area contributed by atoms with Gasteiger partial charge in [-0.1, -0.05) is 38.0 Å². The maximum Gasteiger partial charge on any atom is 0.227 e. The molecular weight excluding hydrogens is 234 g/mol. The molecule has 0 aliphatic carbocycles. The monoisotopic (exact) mass is 255 g/mol. The Bertz CT molecular complexity index is 357. The van der Waals surface area contributed by atoms with Crippen molar-refractivity contribution >= 4 is 16.5 Å². The average molecular weight is 255 g/mol. The van der Waals surface area contributed by atoms with E-state index in [1.807, 2.05) is 0 Å². The minimum Gasteiger partial charge on any atom is -0.492 e. The third-order valence-electron chi connectivity index (χ3n) is 3.02. The second-order valence-electron chi connectivity index (χ2n) is 4.87. The third kappa shape index (κ3) is 3.33. The normalized spacial score (nSPS) is 18.3. The van der Waals surface area contributed by atoms with Crippen LogP contribution in [0.3, 0.4) is 0 Å². The maximum atomic E-state index is 9.73. The van der Waals surface area contributed by atoms with Crippen LogP contribution in [-0.4, -0.2) is 28.2 Å². The molecule has 96 valence electrons. The number of thiazole rings is 1. The van der Waals surface area contributed by atoms with E-state index < -0.39 is 0 Å². The topological polar surface area (TPSA) is 48.4 Å². The molecule has 0 radical (unpaired) electrons. The molecule has 0 spiro atoms. The van der Waals surface area contributed by atoms with Gasteiger partial charge >= 0.3 is 0 Å². The van der Waals surface area contributed by atoms with Gasteiger partial charge < -0.3 is 5.11 Å². The number of nitrogens with zero attached hydrogens (tertiary/aromatic N) is 2. The van der Waals surface area contributed by atoms with E-state index in [1.54, 1.807) is 11.3 Å². The van der Waals surface area contributed by atoms with Gasteiger partial charge in [0.15, 0.2) is 0 Å². The molecule has 2 rings (SSSR count). The number of anilines is 1. The summed E-state index contributed by atoms with van der Waals surface area (Å²) >= 11 is 1.55. The minimum absolute atomic E-state index is 0.183. The van der Waals surface area contributed by atoms with Gasteiger partial charge in [0.25, 0.3) is 0 Å². The van der Waals surface area contributed by atoms with Crippen molar-refractivity contribution in [1.82, 2.24) is 9.99 Å². The van der Waals surface area contributed by atoms with Gasteiger partial charge in [0.1, 0.15) is 0 Å². The lowest BCUT2D eigenvalue weighted by molar-refractivity contribution is 0.343. The summed E-state index contributed by atoms with van der Waals surface area (Å²) in [6.45, 7) is 6.28. The minimum atomic E-state index is 0.183. The maximum absolute atomic E-state index is 9.73. The van der Waals surface area contributed by atoms with Crippen molar-refractivity contribution in [2.24, 2.45) is 0 Å². The highest BCUT2D eigenvalue weighted by atomic mass is 32.1. The van der Waals surface area contributed by atoms with Gasteiger partial charge in [-0.2, -0.15) is 4.98 Å². The molecule has 1 saturated heterocycles. The summed E-state index contributed by atoms with van der Waals surface area (Å²) in [5.41, 5.74) is 3.32. The zero-order valence-corrected chi connectivity index (χ0v) is 11.4. The number of hydrogen-bond donors (Lipinski definition) is 2. The molecule has 5 heteroatoms. The zero-order chi connectivity index (χ0) is 12.3. The first-order valence-corrected chi connectivity index (χ1v) is 7.20. The summed E-state index contributed by atoms with van der Waals surface area (Å²) in [5.74, 6) is 0.509. The molecule has 1 aliphatic rings. The second kappa shape index (κ2) is 5.69. The van der Waals surface area contributed by atoms with Crippen LogP contribution in [0.25, 0.3) is 0 Å². The summed E-state index contributed by atoms with van der Waals surface area (Å²) in [4.78, 5) is 5.14. The van der Waals surface area contributed by atoms with Crippen molar-refractivity contribution in [2.75, 3.05) is 18.5 Å². The van der Waals surface area contributed by atoms with Crippen LogP contribution >= 0.6 is 11.3 Å². The highest BCUT2D eigenvalue weighted by Crippen LogP contribution is 2.34. The first-order valence-electron chi connectivity index (χ1n) is 6.38. The van der Waals surface area contributed by atoms with Crippen molar-refractivity contribution in [2.45, 2.75) is 45.4 Å². The molecule has 0 bridgehead atoms. The van der Waals surface area contributed by atoms with Crippen LogP contribution < -0.4 is 5.43 Å². The molecule has 0 unspecified atom stereocenters. The predicted molar refractivity (Wildman–Crippen MR) is 71.5 cm³/mol. The van der Waals surface area contributed by atoms with Gasteiger partial charge in [0, 0.05) is 13.1 Å². The fourth-order valence-corrected chi connectivity index (χ4v) is 2.95. The molecule has 1 fully saturated rings. The molecular formula is C12H21N3OS. The van der Waals surface area contributed by atoms with Crippen LogP contribution in [0.2, 0.25) is 0 Å². The first-order chi connectivity index (χ1) is 8.16. The Morgan fingerprint density at radius 2 is 1.88 bits per heavy atom. The van der Waals surface area contributed by atoms with E-state index in [1.165, 1.54) is 25.7 Å². The predicted octanol–water partition coefficient (Wildman–Crippen LogP) is 3.18. The second-order valence-corrected chi connectivity index (χ2v) is 5.91. The fraction of sp³-hybridized carbons (Fsp3) is 0.750. The third-order valence-corrected chi connectivity index (χ3v) is 4.27. The Balaban J connectivity index is 2.00. The Morgan fingerprint density at radius 1 is 1.24 bits per heavy atom. The van der Waals surface area contributed by atoms with Crippen LogP contribution in [0.4, 0.5) is 5.13 Å². The largest absolute Gasteiger partial charge is 0.492 e. The Morgan fingerprint density at radius 3 is 2.41 bits per heavy atom. The molecule has 0 aromatic carbocycles. The molecule has 1 aromatic heterocycles. The zero-order valence-electron chi connectivity index (χ0n) is 10.6. The summed E-state index contributed by atoms with van der Waals surface area (Å²) in [6, 6.07) is 0. The lowest BCUT2D eigenvalue weighted by Gasteiger charge is -2.19. The number of aromatic nitrogens is 1. The lowest BCUT2D eigenvalue weighted by Crippen LogP contribution is -2.30. The SMILES string of the molecule is CC(C)c1sc(NN2CCCCCC2)nc1O. The highest BCUT2D eigenvalue weighted by Gasteiger charge is 2.15. The molecule has 2 heterocycles. The number of rotatable bonds is 3. The number of hydrogen-bond acceptors (Lipinski definition) is 5. The molecule has 0 amide bonds. The first kappa shape index (κ1) is 12.6. The van der Waals surface area contributed by atoms with E-state index in [2.05, 4.69) is 29.3 Å². The standard InChI is InChI=1S/C12H21N3OS/c1-9(2)10-11(16)13-12(17-10)14-15-7-5-3-4-6-8-15/h9,16H,3-8H2,1-2H3,(H,13,14). The summed E-state index contributed by atoms with van der Waals surface area (Å²) in [6.07, 6.45) is 5.11. The van der Waals surface area contributed by atoms with Crippen molar-refractivity contribution in [3.05, 3.63) is 4.88 Å². The highest BCUT2D eigenvalue weighted by molar-refractivity contribution is 7.15. The average Bonchev–Trinajstić information content (AvgIpc) is 2.50. The molecule has 1 aliphatic heterocycles. The van der Waals surface area contributed by atoms with Crippen molar-refractivity contribution in [3.63, 3.8) is 0 Å². The van der Waals surface area contributed by atoms with Crippen LogP contribution in [-0.2, 0) is 0 Å². The smallest absolute Gasteiger partial charge is 0.227 e. The van der Waals surface area contributed by atoms with E-state index in [0.717, 1.165) is 23.1 Å². The quantitative estimate of drug-likeness (QED) is 0.871. The Labute approximate surface area is 107 Å². The van der Waals surface area contributed by atoms with Crippen LogP contribution in [0.1, 0.15) is 50.3 Å². The van der Waals surface area contributed by atoms with Gasteiger partial charge in [-0.15, -0.1) is 0 Å². The fourth-order valence-electron chi connectivity index (χ4n) is 2.07. The van der Waals surface area contributed by atoms with Crippen LogP contribution in [0.15, 0.2) is 0 Å². The van der Waals surface area contributed by atoms with Crippen molar-refractivity contribution < 1.29 is 5.11 Å². The molecule has 0 saturated carbocycles. The molecule has 17 heavy (non-hydrogen) atoms. The van der Waals surface area contributed by atoms with E-state index in [4.69, 9.17) is 0 Å². The van der Waals surface area contributed by atoms with Gasteiger partial charge in [-0.3, -0.25) is 5.43 Å². The van der Waals surface area contributed by atoms with Crippen LogP contribution in [0, 0.1) is 0 Å². The van der Waals surface area contributed by atoms with E-state index >= 15 is 0 Å². The van der Waals surface area contributed by atoms with E-state index in [0.29, 0.717) is 5.92 Å². The number of nitrogens with one attached hydrogen (secondary N) is 1. The Hall–Kier alpha value is -0.810. The summed E-state index contributed by atoms with van der Waals surface area (Å²) < 4.78 is 0.